The first-order valence-electron chi connectivity index (χ1n) is 5.66. The zero-order valence-electron chi connectivity index (χ0n) is 9.63. The van der Waals surface area contributed by atoms with Crippen LogP contribution in [-0.4, -0.2) is 28.7 Å². The Labute approximate surface area is 103 Å². The molecule has 92 valence electrons. The highest BCUT2D eigenvalue weighted by atomic mass is 35.5. The maximum absolute atomic E-state index is 6.00. The molecule has 4 nitrogen and oxygen atoms in total. The van der Waals surface area contributed by atoms with Crippen molar-refractivity contribution in [3.05, 3.63) is 18.0 Å². The van der Waals surface area contributed by atoms with Gasteiger partial charge in [0.25, 0.3) is 0 Å². The lowest BCUT2D eigenvalue weighted by atomic mass is 9.97. The van der Waals surface area contributed by atoms with Crippen LogP contribution in [0.15, 0.2) is 16.9 Å². The van der Waals surface area contributed by atoms with E-state index in [4.69, 9.17) is 10.3 Å². The third-order valence-electron chi connectivity index (χ3n) is 3.13. The molecule has 2 unspecified atom stereocenters. The minimum absolute atomic E-state index is 0. The number of hydrogen-bond donors (Lipinski definition) is 1. The molecular formula is C11H20ClN3O. The van der Waals surface area contributed by atoms with Gasteiger partial charge in [-0.15, -0.1) is 12.4 Å². The Morgan fingerprint density at radius 1 is 1.62 bits per heavy atom. The molecule has 0 aliphatic carbocycles. The molecular weight excluding hydrogens is 226 g/mol. The molecule has 0 amide bonds. The number of nitrogens with two attached hydrogens (primary N) is 1. The highest BCUT2D eigenvalue weighted by Crippen LogP contribution is 2.20. The van der Waals surface area contributed by atoms with E-state index < -0.39 is 0 Å². The second-order valence-electron chi connectivity index (χ2n) is 4.38. The maximum Gasteiger partial charge on any atom is 0.124 e. The second-order valence-corrected chi connectivity index (χ2v) is 4.38. The largest absolute Gasteiger partial charge is 0.364 e. The average Bonchev–Trinajstić information content (AvgIpc) is 2.71. The predicted octanol–water partition coefficient (Wildman–Crippen LogP) is 1.80. The van der Waals surface area contributed by atoms with Crippen molar-refractivity contribution in [2.45, 2.75) is 44.8 Å². The minimum atomic E-state index is 0. The first-order chi connectivity index (χ1) is 7.27. The molecule has 1 fully saturated rings. The molecule has 16 heavy (non-hydrogen) atoms. The molecule has 0 spiro atoms. The van der Waals surface area contributed by atoms with Crippen molar-refractivity contribution in [2.24, 2.45) is 5.73 Å². The van der Waals surface area contributed by atoms with Gasteiger partial charge in [-0.25, -0.2) is 0 Å². The monoisotopic (exact) mass is 245 g/mol. The Balaban J connectivity index is 0.00000128. The van der Waals surface area contributed by atoms with Crippen LogP contribution in [0.5, 0.6) is 0 Å². The van der Waals surface area contributed by atoms with Gasteiger partial charge in [0.2, 0.25) is 0 Å². The molecule has 0 saturated carbocycles. The standard InChI is InChI=1S/C11H19N3O.ClH/c1-9(12)11-4-2-3-6-14(11)8-10-5-7-15-13-10;/h5,7,9,11H,2-4,6,8,12H2,1H3;1H. The fourth-order valence-corrected chi connectivity index (χ4v) is 2.34. The molecule has 2 N–H and O–H groups in total. The van der Waals surface area contributed by atoms with Crippen LogP contribution in [0.2, 0.25) is 0 Å². The Bertz CT molecular complexity index is 289. The van der Waals surface area contributed by atoms with Crippen LogP contribution in [-0.2, 0) is 6.54 Å². The predicted molar refractivity (Wildman–Crippen MR) is 65.4 cm³/mol. The van der Waals surface area contributed by atoms with Crippen LogP contribution in [0.3, 0.4) is 0 Å². The third kappa shape index (κ3) is 3.20. The van der Waals surface area contributed by atoms with E-state index in [1.54, 1.807) is 6.26 Å². The van der Waals surface area contributed by atoms with Gasteiger partial charge in [-0.1, -0.05) is 11.6 Å². The molecule has 1 aromatic rings. The Morgan fingerprint density at radius 3 is 3.06 bits per heavy atom. The molecule has 2 heterocycles. The quantitative estimate of drug-likeness (QED) is 0.882. The molecule has 1 aliphatic heterocycles. The van der Waals surface area contributed by atoms with Crippen molar-refractivity contribution < 1.29 is 4.52 Å². The number of hydrogen-bond acceptors (Lipinski definition) is 4. The second kappa shape index (κ2) is 6.23. The van der Waals surface area contributed by atoms with Gasteiger partial charge in [0.1, 0.15) is 6.26 Å². The fraction of sp³-hybridized carbons (Fsp3) is 0.727. The van der Waals surface area contributed by atoms with Crippen molar-refractivity contribution in [1.29, 1.82) is 0 Å². The summed E-state index contributed by atoms with van der Waals surface area (Å²) in [5.74, 6) is 0. The molecule has 5 heteroatoms. The molecule has 0 radical (unpaired) electrons. The van der Waals surface area contributed by atoms with E-state index in [2.05, 4.69) is 17.0 Å². The number of rotatable bonds is 3. The fourth-order valence-electron chi connectivity index (χ4n) is 2.34. The zero-order chi connectivity index (χ0) is 10.7. The summed E-state index contributed by atoms with van der Waals surface area (Å²) in [4.78, 5) is 2.42. The number of halogens is 1. The normalized spacial score (nSPS) is 23.8. The lowest BCUT2D eigenvalue weighted by molar-refractivity contribution is 0.120. The first-order valence-corrected chi connectivity index (χ1v) is 5.66. The Morgan fingerprint density at radius 2 is 2.44 bits per heavy atom. The molecule has 0 aromatic carbocycles. The zero-order valence-corrected chi connectivity index (χ0v) is 10.4. The molecule has 1 saturated heterocycles. The molecule has 2 atom stereocenters. The number of likely N-dealkylation sites (tertiary alicyclic amines) is 1. The van der Waals surface area contributed by atoms with E-state index >= 15 is 0 Å². The van der Waals surface area contributed by atoms with Gasteiger partial charge < -0.3 is 10.3 Å². The van der Waals surface area contributed by atoms with Gasteiger partial charge in [-0.05, 0) is 26.3 Å². The van der Waals surface area contributed by atoms with E-state index in [1.807, 2.05) is 6.07 Å². The maximum atomic E-state index is 6.00. The van der Waals surface area contributed by atoms with Gasteiger partial charge in [-0.2, -0.15) is 0 Å². The summed E-state index contributed by atoms with van der Waals surface area (Å²) in [5.41, 5.74) is 7.00. The van der Waals surface area contributed by atoms with Crippen molar-refractivity contribution in [1.82, 2.24) is 10.1 Å². The van der Waals surface area contributed by atoms with Crippen LogP contribution < -0.4 is 5.73 Å². The number of piperidine rings is 1. The van der Waals surface area contributed by atoms with Crippen molar-refractivity contribution in [2.75, 3.05) is 6.54 Å². The van der Waals surface area contributed by atoms with Gasteiger partial charge in [0.05, 0.1) is 5.69 Å². The smallest absolute Gasteiger partial charge is 0.124 e. The van der Waals surface area contributed by atoms with E-state index in [1.165, 1.54) is 19.3 Å². The average molecular weight is 246 g/mol. The van der Waals surface area contributed by atoms with Crippen molar-refractivity contribution >= 4 is 12.4 Å². The van der Waals surface area contributed by atoms with E-state index in [9.17, 15) is 0 Å². The van der Waals surface area contributed by atoms with Crippen LogP contribution >= 0.6 is 12.4 Å². The van der Waals surface area contributed by atoms with Crippen LogP contribution in [0.4, 0.5) is 0 Å². The number of nitrogens with zero attached hydrogens (tertiary/aromatic N) is 2. The Hall–Kier alpha value is -0.580. The first kappa shape index (κ1) is 13.5. The molecule has 2 rings (SSSR count). The topological polar surface area (TPSA) is 55.3 Å². The lowest BCUT2D eigenvalue weighted by Crippen LogP contribution is -2.48. The van der Waals surface area contributed by atoms with Gasteiger partial charge in [0.15, 0.2) is 0 Å². The molecule has 1 aromatic heterocycles. The third-order valence-corrected chi connectivity index (χ3v) is 3.13. The summed E-state index contributed by atoms with van der Waals surface area (Å²) in [7, 11) is 0. The van der Waals surface area contributed by atoms with Gasteiger partial charge >= 0.3 is 0 Å². The summed E-state index contributed by atoms with van der Waals surface area (Å²) in [5, 5.41) is 3.95. The highest BCUT2D eigenvalue weighted by Gasteiger charge is 2.25. The molecule has 1 aliphatic rings. The van der Waals surface area contributed by atoms with E-state index in [0.29, 0.717) is 6.04 Å². The van der Waals surface area contributed by atoms with Crippen molar-refractivity contribution in [3.63, 3.8) is 0 Å². The molecule has 0 bridgehead atoms. The van der Waals surface area contributed by atoms with Crippen LogP contribution in [0.25, 0.3) is 0 Å². The van der Waals surface area contributed by atoms with E-state index in [-0.39, 0.29) is 18.4 Å². The van der Waals surface area contributed by atoms with Crippen LogP contribution in [0.1, 0.15) is 31.9 Å². The highest BCUT2D eigenvalue weighted by molar-refractivity contribution is 5.85. The summed E-state index contributed by atoms with van der Waals surface area (Å²) in [6.07, 6.45) is 5.39. The van der Waals surface area contributed by atoms with Gasteiger partial charge in [-0.3, -0.25) is 4.90 Å². The number of aromatic nitrogens is 1. The summed E-state index contributed by atoms with van der Waals surface area (Å²) >= 11 is 0. The minimum Gasteiger partial charge on any atom is -0.364 e. The van der Waals surface area contributed by atoms with Crippen molar-refractivity contribution in [3.8, 4) is 0 Å². The summed E-state index contributed by atoms with van der Waals surface area (Å²) in [6, 6.07) is 2.65. The van der Waals surface area contributed by atoms with Gasteiger partial charge in [0, 0.05) is 24.7 Å². The van der Waals surface area contributed by atoms with E-state index in [0.717, 1.165) is 18.8 Å². The SMILES string of the molecule is CC(N)C1CCCCN1Cc1ccon1.Cl. The summed E-state index contributed by atoms with van der Waals surface area (Å²) < 4.78 is 4.84. The lowest BCUT2D eigenvalue weighted by Gasteiger charge is -2.37. The van der Waals surface area contributed by atoms with Crippen LogP contribution in [0, 0.1) is 0 Å². The Kier molecular flexibility index (Phi) is 5.25. The summed E-state index contributed by atoms with van der Waals surface area (Å²) in [6.45, 7) is 4.08.